The summed E-state index contributed by atoms with van der Waals surface area (Å²) in [5.74, 6) is 1.86. The van der Waals surface area contributed by atoms with E-state index in [0.717, 1.165) is 5.69 Å². The third-order valence-corrected chi connectivity index (χ3v) is 4.21. The number of hydrogen-bond acceptors (Lipinski definition) is 1. The van der Waals surface area contributed by atoms with E-state index in [1.165, 1.54) is 11.1 Å². The van der Waals surface area contributed by atoms with E-state index >= 15 is 0 Å². The van der Waals surface area contributed by atoms with Gasteiger partial charge in [-0.2, -0.15) is 0 Å². The Morgan fingerprint density at radius 3 is 0.939 bits per heavy atom. The van der Waals surface area contributed by atoms with Crippen LogP contribution in [-0.4, -0.2) is 4.98 Å². The lowest BCUT2D eigenvalue weighted by Crippen LogP contribution is -1.88. The van der Waals surface area contributed by atoms with Crippen molar-refractivity contribution >= 4 is 0 Å². The Balaban J connectivity index is -0.000000367. The Morgan fingerprint density at radius 1 is 0.424 bits per heavy atom. The maximum absolute atomic E-state index is 4.18. The molecule has 0 unspecified atom stereocenters. The summed E-state index contributed by atoms with van der Waals surface area (Å²) in [4.78, 5) is 4.18. The van der Waals surface area contributed by atoms with E-state index in [1.807, 2.05) is 78.1 Å². The molecule has 0 saturated carbocycles. The third kappa shape index (κ3) is 20.0. The first-order valence-corrected chi connectivity index (χ1v) is 12.9. The molecule has 186 valence electrons. The van der Waals surface area contributed by atoms with Crippen LogP contribution in [0.4, 0.5) is 0 Å². The number of hydrogen-bond donors (Lipinski definition) is 0. The van der Waals surface area contributed by atoms with Crippen LogP contribution in [-0.2, 0) is 0 Å². The fraction of sp³-hybridized carbons (Fsp3) is 0.469. The van der Waals surface area contributed by atoms with Gasteiger partial charge in [0.1, 0.15) is 0 Å². The van der Waals surface area contributed by atoms with Crippen molar-refractivity contribution < 1.29 is 0 Å². The van der Waals surface area contributed by atoms with Crippen molar-refractivity contribution in [3.05, 3.63) is 102 Å². The van der Waals surface area contributed by atoms with Gasteiger partial charge in [-0.15, -0.1) is 0 Å². The van der Waals surface area contributed by atoms with E-state index in [2.05, 4.69) is 95.1 Å². The van der Waals surface area contributed by atoms with Gasteiger partial charge in [0.2, 0.25) is 0 Å². The van der Waals surface area contributed by atoms with Crippen LogP contribution in [0.2, 0.25) is 0 Å². The molecule has 0 spiro atoms. The Morgan fingerprint density at radius 2 is 0.758 bits per heavy atom. The molecule has 0 aliphatic carbocycles. The fourth-order valence-electron chi connectivity index (χ4n) is 2.39. The Labute approximate surface area is 207 Å². The second-order valence-electron chi connectivity index (χ2n) is 7.54. The van der Waals surface area contributed by atoms with Gasteiger partial charge in [-0.05, 0) is 41.0 Å². The van der Waals surface area contributed by atoms with Crippen molar-refractivity contribution in [2.45, 2.75) is 101 Å². The van der Waals surface area contributed by atoms with Crippen LogP contribution in [0.25, 0.3) is 0 Å². The van der Waals surface area contributed by atoms with Crippen LogP contribution in [0.3, 0.4) is 0 Å². The second-order valence-corrected chi connectivity index (χ2v) is 7.54. The monoisotopic (exact) mass is 451 g/mol. The normalized spacial score (nSPS) is 8.82. The van der Waals surface area contributed by atoms with E-state index in [4.69, 9.17) is 0 Å². The van der Waals surface area contributed by atoms with Crippen LogP contribution in [0.1, 0.15) is 118 Å². The molecule has 0 aliphatic rings. The van der Waals surface area contributed by atoms with Crippen molar-refractivity contribution in [3.63, 3.8) is 0 Å². The summed E-state index contributed by atoms with van der Waals surface area (Å²) >= 11 is 0. The molecule has 0 radical (unpaired) electrons. The minimum atomic E-state index is 0.547. The SMILES string of the molecule is CC.CC.CC.CC(C)c1ccccc1.CC(C)c1ccccc1.CC(C)c1ccccn1. The third-order valence-electron chi connectivity index (χ3n) is 4.21. The quantitative estimate of drug-likeness (QED) is 0.386. The van der Waals surface area contributed by atoms with E-state index < -0.39 is 0 Å². The van der Waals surface area contributed by atoms with Gasteiger partial charge in [0.05, 0.1) is 0 Å². The molecule has 0 fully saturated rings. The number of pyridine rings is 1. The smallest absolute Gasteiger partial charge is 0.0428 e. The summed E-state index contributed by atoms with van der Waals surface area (Å²) in [6, 6.07) is 27.0. The van der Waals surface area contributed by atoms with Crippen molar-refractivity contribution in [1.29, 1.82) is 0 Å². The molecular formula is C32H53N. The molecule has 0 bridgehead atoms. The molecule has 2 aromatic carbocycles. The molecule has 1 heterocycles. The van der Waals surface area contributed by atoms with Crippen LogP contribution < -0.4 is 0 Å². The second kappa shape index (κ2) is 25.8. The first-order valence-electron chi connectivity index (χ1n) is 12.9. The highest BCUT2D eigenvalue weighted by Crippen LogP contribution is 2.12. The highest BCUT2D eigenvalue weighted by Gasteiger charge is 1.95. The molecule has 1 nitrogen and oxygen atoms in total. The first kappa shape index (κ1) is 35.2. The van der Waals surface area contributed by atoms with Gasteiger partial charge in [-0.1, -0.05) is 150 Å². The minimum absolute atomic E-state index is 0.547. The van der Waals surface area contributed by atoms with Gasteiger partial charge in [0, 0.05) is 11.9 Å². The van der Waals surface area contributed by atoms with Gasteiger partial charge in [0.25, 0.3) is 0 Å². The Hall–Kier alpha value is -2.41. The van der Waals surface area contributed by atoms with Crippen molar-refractivity contribution in [2.75, 3.05) is 0 Å². The van der Waals surface area contributed by atoms with Crippen LogP contribution >= 0.6 is 0 Å². The van der Waals surface area contributed by atoms with Crippen molar-refractivity contribution in [1.82, 2.24) is 4.98 Å². The molecule has 33 heavy (non-hydrogen) atoms. The zero-order valence-corrected chi connectivity index (χ0v) is 23.8. The van der Waals surface area contributed by atoms with E-state index in [1.54, 1.807) is 0 Å². The summed E-state index contributed by atoms with van der Waals surface area (Å²) in [5.41, 5.74) is 3.99. The zero-order chi connectivity index (χ0) is 26.1. The van der Waals surface area contributed by atoms with Gasteiger partial charge in [-0.25, -0.2) is 0 Å². The summed E-state index contributed by atoms with van der Waals surface area (Å²) in [5, 5.41) is 0. The lowest BCUT2D eigenvalue weighted by Gasteiger charge is -2.01. The van der Waals surface area contributed by atoms with E-state index in [9.17, 15) is 0 Å². The van der Waals surface area contributed by atoms with Crippen LogP contribution in [0.5, 0.6) is 0 Å². The molecule has 0 saturated heterocycles. The summed E-state index contributed by atoms with van der Waals surface area (Å²) < 4.78 is 0. The molecule has 3 rings (SSSR count). The summed E-state index contributed by atoms with van der Waals surface area (Å²) in [6.07, 6.45) is 1.83. The average molecular weight is 452 g/mol. The minimum Gasteiger partial charge on any atom is -0.261 e. The number of rotatable bonds is 3. The Kier molecular flexibility index (Phi) is 27.6. The average Bonchev–Trinajstić information content (AvgIpc) is 2.90. The molecule has 0 N–H and O–H groups in total. The lowest BCUT2D eigenvalue weighted by atomic mass is 10.0. The number of benzene rings is 2. The van der Waals surface area contributed by atoms with Gasteiger partial charge in [-0.3, -0.25) is 4.98 Å². The highest BCUT2D eigenvalue weighted by atomic mass is 14.7. The Bertz CT molecular complexity index is 598. The van der Waals surface area contributed by atoms with Crippen molar-refractivity contribution in [3.8, 4) is 0 Å². The molecule has 1 aromatic heterocycles. The number of nitrogens with zero attached hydrogens (tertiary/aromatic N) is 1. The topological polar surface area (TPSA) is 12.9 Å². The largest absolute Gasteiger partial charge is 0.261 e. The highest BCUT2D eigenvalue weighted by molar-refractivity contribution is 5.18. The fourth-order valence-corrected chi connectivity index (χ4v) is 2.39. The predicted molar refractivity (Wildman–Crippen MR) is 153 cm³/mol. The zero-order valence-electron chi connectivity index (χ0n) is 23.8. The summed E-state index contributed by atoms with van der Waals surface area (Å²) in [6.45, 7) is 25.1. The summed E-state index contributed by atoms with van der Waals surface area (Å²) in [7, 11) is 0. The van der Waals surface area contributed by atoms with Crippen LogP contribution in [0.15, 0.2) is 85.1 Å². The molecule has 0 amide bonds. The predicted octanol–water partition coefficient (Wildman–Crippen LogP) is 10.9. The standard InChI is InChI=1S/2C9H12.C8H11N.3C2H6/c2*1-8(2)9-6-4-3-5-7-9;1-7(2)8-5-3-4-6-9-8;3*1-2/h2*3-8H,1-2H3;3-7H,1-2H3;3*1-2H3. The molecule has 0 atom stereocenters. The lowest BCUT2D eigenvalue weighted by molar-refractivity contribution is 0.823. The first-order chi connectivity index (χ1) is 15.9. The van der Waals surface area contributed by atoms with E-state index in [0.29, 0.717) is 17.8 Å². The van der Waals surface area contributed by atoms with E-state index in [-0.39, 0.29) is 0 Å². The van der Waals surface area contributed by atoms with Gasteiger partial charge in [0.15, 0.2) is 0 Å². The van der Waals surface area contributed by atoms with Crippen LogP contribution in [0, 0.1) is 0 Å². The molecule has 1 heteroatoms. The molecule has 0 aliphatic heterocycles. The maximum Gasteiger partial charge on any atom is 0.0428 e. The molecular weight excluding hydrogens is 398 g/mol. The maximum atomic E-state index is 4.18. The van der Waals surface area contributed by atoms with Gasteiger partial charge >= 0.3 is 0 Å². The number of aromatic nitrogens is 1. The van der Waals surface area contributed by atoms with Crippen molar-refractivity contribution in [2.24, 2.45) is 0 Å². The molecule has 3 aromatic rings. The van der Waals surface area contributed by atoms with Gasteiger partial charge < -0.3 is 0 Å².